The first-order chi connectivity index (χ1) is 7.42. The number of aromatic nitrogens is 4. The molecule has 0 bridgehead atoms. The first kappa shape index (κ1) is 8.60. The predicted octanol–water partition coefficient (Wildman–Crippen LogP) is 0.507. The molecule has 2 aromatic heterocycles. The van der Waals surface area contributed by atoms with E-state index in [1.807, 2.05) is 0 Å². The zero-order valence-electron chi connectivity index (χ0n) is 8.13. The first-order valence-corrected chi connectivity index (χ1v) is 4.94. The smallest absolute Gasteiger partial charge is 0.324 e. The molecule has 0 saturated heterocycles. The van der Waals surface area contributed by atoms with E-state index in [1.165, 1.54) is 23.9 Å². The summed E-state index contributed by atoms with van der Waals surface area (Å²) in [7, 11) is 0. The summed E-state index contributed by atoms with van der Waals surface area (Å²) in [6, 6.07) is 1.14. The summed E-state index contributed by atoms with van der Waals surface area (Å²) in [6.07, 6.45) is 7.20. The zero-order valence-corrected chi connectivity index (χ0v) is 8.13. The summed E-state index contributed by atoms with van der Waals surface area (Å²) in [5.74, 6) is 0. The zero-order chi connectivity index (χ0) is 10.1. The molecule has 0 aliphatic heterocycles. The quantitative estimate of drug-likeness (QED) is 0.787. The van der Waals surface area contributed by atoms with Crippen molar-refractivity contribution in [3.8, 4) is 6.01 Å². The van der Waals surface area contributed by atoms with Gasteiger partial charge < -0.3 is 9.73 Å². The Labute approximate surface area is 86.3 Å². The highest BCUT2D eigenvalue weighted by molar-refractivity contribution is 5.07. The van der Waals surface area contributed by atoms with E-state index in [2.05, 4.69) is 20.4 Å². The third-order valence-electron chi connectivity index (χ3n) is 2.30. The number of rotatable bonds is 4. The van der Waals surface area contributed by atoms with Gasteiger partial charge in [0.25, 0.3) is 0 Å². The molecular weight excluding hydrogens is 194 g/mol. The average Bonchev–Trinajstić information content (AvgIpc) is 2.78. The number of hydrogen-bond donors (Lipinski definition) is 1. The Bertz CT molecular complexity index is 431. The minimum Gasteiger partial charge on any atom is -0.430 e. The van der Waals surface area contributed by atoms with Crippen molar-refractivity contribution in [3.63, 3.8) is 0 Å². The number of nitrogens with zero attached hydrogens (tertiary/aromatic N) is 4. The summed E-state index contributed by atoms with van der Waals surface area (Å²) in [6.45, 7) is 0.753. The first-order valence-electron chi connectivity index (χ1n) is 4.94. The van der Waals surface area contributed by atoms with Gasteiger partial charge in [0.2, 0.25) is 0 Å². The molecule has 1 aliphatic carbocycles. The average molecular weight is 205 g/mol. The SMILES string of the molecule is c1ncn(-c2nc(CNC3CC3)co2)n1. The largest absolute Gasteiger partial charge is 0.430 e. The van der Waals surface area contributed by atoms with E-state index in [0.29, 0.717) is 12.1 Å². The van der Waals surface area contributed by atoms with Gasteiger partial charge in [0.05, 0.1) is 5.69 Å². The highest BCUT2D eigenvalue weighted by atomic mass is 16.4. The second-order valence-corrected chi connectivity index (χ2v) is 3.62. The lowest BCUT2D eigenvalue weighted by atomic mass is 10.5. The summed E-state index contributed by atoms with van der Waals surface area (Å²) in [5.41, 5.74) is 0.896. The van der Waals surface area contributed by atoms with Crippen LogP contribution in [0, 0.1) is 0 Å². The van der Waals surface area contributed by atoms with Crippen LogP contribution in [-0.2, 0) is 6.54 Å². The van der Waals surface area contributed by atoms with Crippen LogP contribution in [0.15, 0.2) is 23.3 Å². The summed E-state index contributed by atoms with van der Waals surface area (Å²) < 4.78 is 6.77. The molecule has 1 aliphatic rings. The fourth-order valence-electron chi connectivity index (χ4n) is 1.33. The molecule has 0 unspecified atom stereocenters. The van der Waals surface area contributed by atoms with Crippen molar-refractivity contribution in [1.29, 1.82) is 0 Å². The Morgan fingerprint density at radius 3 is 3.20 bits per heavy atom. The lowest BCUT2D eigenvalue weighted by Gasteiger charge is -1.95. The highest BCUT2D eigenvalue weighted by Crippen LogP contribution is 2.19. The second kappa shape index (κ2) is 3.47. The molecule has 2 aromatic rings. The van der Waals surface area contributed by atoms with E-state index in [-0.39, 0.29) is 0 Å². The molecule has 78 valence electrons. The molecule has 15 heavy (non-hydrogen) atoms. The van der Waals surface area contributed by atoms with Crippen LogP contribution in [0.2, 0.25) is 0 Å². The van der Waals surface area contributed by atoms with Crippen LogP contribution in [0.1, 0.15) is 18.5 Å². The van der Waals surface area contributed by atoms with Crippen molar-refractivity contribution in [1.82, 2.24) is 25.1 Å². The van der Waals surface area contributed by atoms with Crippen molar-refractivity contribution >= 4 is 0 Å². The second-order valence-electron chi connectivity index (χ2n) is 3.62. The van der Waals surface area contributed by atoms with Gasteiger partial charge in [-0.3, -0.25) is 0 Å². The molecule has 0 aromatic carbocycles. The predicted molar refractivity (Wildman–Crippen MR) is 51.3 cm³/mol. The van der Waals surface area contributed by atoms with Crippen LogP contribution in [0.25, 0.3) is 6.01 Å². The van der Waals surface area contributed by atoms with Crippen LogP contribution in [0.5, 0.6) is 0 Å². The standard InChI is InChI=1S/C9H11N5O/c1-2-7(1)11-3-8-4-15-9(13-8)14-6-10-5-12-14/h4-7,11H,1-3H2. The fourth-order valence-corrected chi connectivity index (χ4v) is 1.33. The third-order valence-corrected chi connectivity index (χ3v) is 2.30. The van der Waals surface area contributed by atoms with Gasteiger partial charge in [0, 0.05) is 12.6 Å². The Balaban J connectivity index is 1.69. The third kappa shape index (κ3) is 1.89. The molecular formula is C9H11N5O. The monoisotopic (exact) mass is 205 g/mol. The van der Waals surface area contributed by atoms with Gasteiger partial charge in [-0.25, -0.2) is 4.98 Å². The van der Waals surface area contributed by atoms with Crippen LogP contribution in [-0.4, -0.2) is 25.8 Å². The maximum absolute atomic E-state index is 5.27. The summed E-state index contributed by atoms with van der Waals surface area (Å²) in [5, 5.41) is 7.30. The van der Waals surface area contributed by atoms with Crippen molar-refractivity contribution in [2.45, 2.75) is 25.4 Å². The molecule has 6 nitrogen and oxygen atoms in total. The normalized spacial score (nSPS) is 15.7. The van der Waals surface area contributed by atoms with E-state index < -0.39 is 0 Å². The van der Waals surface area contributed by atoms with E-state index in [0.717, 1.165) is 12.2 Å². The Hall–Kier alpha value is -1.69. The summed E-state index contributed by atoms with van der Waals surface area (Å²) in [4.78, 5) is 8.11. The van der Waals surface area contributed by atoms with Crippen molar-refractivity contribution in [3.05, 3.63) is 24.6 Å². The van der Waals surface area contributed by atoms with Gasteiger partial charge in [-0.2, -0.15) is 14.8 Å². The van der Waals surface area contributed by atoms with Crippen molar-refractivity contribution in [2.75, 3.05) is 0 Å². The Morgan fingerprint density at radius 1 is 1.53 bits per heavy atom. The topological polar surface area (TPSA) is 68.8 Å². The van der Waals surface area contributed by atoms with Gasteiger partial charge in [-0.05, 0) is 12.8 Å². The molecule has 0 radical (unpaired) electrons. The fraction of sp³-hybridized carbons (Fsp3) is 0.444. The molecule has 0 amide bonds. The molecule has 0 spiro atoms. The summed E-state index contributed by atoms with van der Waals surface area (Å²) >= 11 is 0. The van der Waals surface area contributed by atoms with Gasteiger partial charge in [0.15, 0.2) is 0 Å². The molecule has 1 saturated carbocycles. The molecule has 1 N–H and O–H groups in total. The molecule has 1 fully saturated rings. The molecule has 0 atom stereocenters. The van der Waals surface area contributed by atoms with Gasteiger partial charge in [-0.1, -0.05) is 0 Å². The minimum absolute atomic E-state index is 0.458. The maximum atomic E-state index is 5.27. The van der Waals surface area contributed by atoms with Crippen LogP contribution >= 0.6 is 0 Å². The number of hydrogen-bond acceptors (Lipinski definition) is 5. The number of oxazole rings is 1. The lowest BCUT2D eigenvalue weighted by molar-refractivity contribution is 0.508. The Morgan fingerprint density at radius 2 is 2.47 bits per heavy atom. The van der Waals surface area contributed by atoms with E-state index in [9.17, 15) is 0 Å². The van der Waals surface area contributed by atoms with E-state index in [4.69, 9.17) is 4.42 Å². The Kier molecular flexibility index (Phi) is 1.99. The molecule has 6 heteroatoms. The van der Waals surface area contributed by atoms with Crippen LogP contribution in [0.3, 0.4) is 0 Å². The van der Waals surface area contributed by atoms with Gasteiger partial charge in [0.1, 0.15) is 18.9 Å². The van der Waals surface area contributed by atoms with Crippen molar-refractivity contribution < 1.29 is 4.42 Å². The minimum atomic E-state index is 0.458. The van der Waals surface area contributed by atoms with Gasteiger partial charge in [-0.15, -0.1) is 0 Å². The van der Waals surface area contributed by atoms with Crippen molar-refractivity contribution in [2.24, 2.45) is 0 Å². The van der Waals surface area contributed by atoms with Crippen LogP contribution in [0.4, 0.5) is 0 Å². The van der Waals surface area contributed by atoms with E-state index in [1.54, 1.807) is 12.6 Å². The molecule has 2 heterocycles. The number of nitrogens with one attached hydrogen (secondary N) is 1. The highest BCUT2D eigenvalue weighted by Gasteiger charge is 2.20. The van der Waals surface area contributed by atoms with E-state index >= 15 is 0 Å². The van der Waals surface area contributed by atoms with Crippen LogP contribution < -0.4 is 5.32 Å². The van der Waals surface area contributed by atoms with Gasteiger partial charge >= 0.3 is 6.01 Å². The lowest BCUT2D eigenvalue weighted by Crippen LogP contribution is -2.15. The molecule has 3 rings (SSSR count). The maximum Gasteiger partial charge on any atom is 0.324 e.